The lowest BCUT2D eigenvalue weighted by Gasteiger charge is -2.20. The SMILES string of the molecule is CCN(CC)Cc1cc(OC)c(OC)c(OC)c1.Cl. The van der Waals surface area contributed by atoms with Crippen LogP contribution < -0.4 is 14.2 Å². The number of methoxy groups -OCH3 is 3. The first-order chi connectivity index (χ1) is 8.69. The Balaban J connectivity index is 0.00000324. The molecule has 0 saturated heterocycles. The van der Waals surface area contributed by atoms with E-state index in [1.165, 1.54) is 0 Å². The number of ether oxygens (including phenoxy) is 3. The van der Waals surface area contributed by atoms with E-state index in [1.807, 2.05) is 12.1 Å². The molecule has 0 aromatic heterocycles. The molecule has 0 atom stereocenters. The fourth-order valence-corrected chi connectivity index (χ4v) is 1.93. The van der Waals surface area contributed by atoms with Crippen LogP contribution in [-0.4, -0.2) is 39.3 Å². The quantitative estimate of drug-likeness (QED) is 0.772. The molecule has 0 unspecified atom stereocenters. The molecule has 1 aromatic rings. The van der Waals surface area contributed by atoms with Crippen molar-refractivity contribution < 1.29 is 14.2 Å². The molecule has 0 radical (unpaired) electrons. The Labute approximate surface area is 122 Å². The van der Waals surface area contributed by atoms with E-state index in [2.05, 4.69) is 18.7 Å². The summed E-state index contributed by atoms with van der Waals surface area (Å²) in [5, 5.41) is 0. The number of halogens is 1. The van der Waals surface area contributed by atoms with Crippen LogP contribution in [0.4, 0.5) is 0 Å². The van der Waals surface area contributed by atoms with Gasteiger partial charge in [0.2, 0.25) is 5.75 Å². The van der Waals surface area contributed by atoms with E-state index in [0.717, 1.165) is 25.2 Å². The molecule has 5 heteroatoms. The van der Waals surface area contributed by atoms with Crippen LogP contribution in [0.15, 0.2) is 12.1 Å². The fraction of sp³-hybridized carbons (Fsp3) is 0.571. The van der Waals surface area contributed by atoms with Crippen molar-refractivity contribution in [3.8, 4) is 17.2 Å². The second-order valence-electron chi connectivity index (χ2n) is 3.99. The van der Waals surface area contributed by atoms with Gasteiger partial charge in [-0.15, -0.1) is 12.4 Å². The molecule has 0 fully saturated rings. The zero-order chi connectivity index (χ0) is 13.5. The molecular formula is C14H24ClNO3. The summed E-state index contributed by atoms with van der Waals surface area (Å²) in [5.74, 6) is 2.06. The minimum absolute atomic E-state index is 0. The molecule has 1 aromatic carbocycles. The van der Waals surface area contributed by atoms with Gasteiger partial charge < -0.3 is 14.2 Å². The lowest BCUT2D eigenvalue weighted by Crippen LogP contribution is -2.22. The van der Waals surface area contributed by atoms with Crippen molar-refractivity contribution in [2.45, 2.75) is 20.4 Å². The molecule has 0 spiro atoms. The standard InChI is InChI=1S/C14H23NO3.ClH/c1-6-15(7-2)10-11-8-12(16-3)14(18-5)13(9-11)17-4;/h8-9H,6-7,10H2,1-5H3;1H. The summed E-state index contributed by atoms with van der Waals surface area (Å²) in [6.45, 7) is 7.23. The van der Waals surface area contributed by atoms with Crippen molar-refractivity contribution >= 4 is 12.4 Å². The van der Waals surface area contributed by atoms with E-state index in [-0.39, 0.29) is 12.4 Å². The van der Waals surface area contributed by atoms with Crippen molar-refractivity contribution in [3.63, 3.8) is 0 Å². The number of hydrogen-bond donors (Lipinski definition) is 0. The van der Waals surface area contributed by atoms with Gasteiger partial charge in [-0.1, -0.05) is 13.8 Å². The first kappa shape index (κ1) is 17.9. The lowest BCUT2D eigenvalue weighted by atomic mass is 10.1. The zero-order valence-corrected chi connectivity index (χ0v) is 13.2. The third-order valence-electron chi connectivity index (χ3n) is 3.03. The van der Waals surface area contributed by atoms with E-state index < -0.39 is 0 Å². The number of benzene rings is 1. The van der Waals surface area contributed by atoms with Crippen LogP contribution in [0.3, 0.4) is 0 Å². The molecule has 1 rings (SSSR count). The number of nitrogens with zero attached hydrogens (tertiary/aromatic N) is 1. The van der Waals surface area contributed by atoms with Crippen LogP contribution >= 0.6 is 12.4 Å². The molecule has 110 valence electrons. The molecule has 0 aliphatic heterocycles. The van der Waals surface area contributed by atoms with Gasteiger partial charge in [0, 0.05) is 6.54 Å². The Morgan fingerprint density at radius 2 is 1.37 bits per heavy atom. The Bertz CT molecular complexity index is 356. The van der Waals surface area contributed by atoms with Crippen LogP contribution in [0.25, 0.3) is 0 Å². The number of rotatable bonds is 7. The minimum Gasteiger partial charge on any atom is -0.493 e. The zero-order valence-electron chi connectivity index (χ0n) is 12.4. The maximum absolute atomic E-state index is 5.34. The Morgan fingerprint density at radius 3 is 1.68 bits per heavy atom. The van der Waals surface area contributed by atoms with E-state index >= 15 is 0 Å². The monoisotopic (exact) mass is 289 g/mol. The molecule has 0 heterocycles. The molecule has 0 amide bonds. The third kappa shape index (κ3) is 4.48. The molecule has 0 aliphatic carbocycles. The van der Waals surface area contributed by atoms with Crippen LogP contribution in [-0.2, 0) is 6.54 Å². The van der Waals surface area contributed by atoms with Crippen LogP contribution in [0.5, 0.6) is 17.2 Å². The molecule has 0 N–H and O–H groups in total. The van der Waals surface area contributed by atoms with E-state index in [4.69, 9.17) is 14.2 Å². The molecule has 0 saturated carbocycles. The van der Waals surface area contributed by atoms with Crippen molar-refractivity contribution in [2.75, 3.05) is 34.4 Å². The molecule has 4 nitrogen and oxygen atoms in total. The van der Waals surface area contributed by atoms with Crippen LogP contribution in [0.1, 0.15) is 19.4 Å². The first-order valence-corrected chi connectivity index (χ1v) is 6.21. The van der Waals surface area contributed by atoms with E-state index in [0.29, 0.717) is 17.2 Å². The van der Waals surface area contributed by atoms with Gasteiger partial charge >= 0.3 is 0 Å². The average Bonchev–Trinajstić information content (AvgIpc) is 2.43. The predicted molar refractivity (Wildman–Crippen MR) is 80.0 cm³/mol. The Morgan fingerprint density at radius 1 is 0.895 bits per heavy atom. The van der Waals surface area contributed by atoms with E-state index in [9.17, 15) is 0 Å². The molecular weight excluding hydrogens is 266 g/mol. The predicted octanol–water partition coefficient (Wildman–Crippen LogP) is 2.98. The molecule has 19 heavy (non-hydrogen) atoms. The summed E-state index contributed by atoms with van der Waals surface area (Å²) in [4.78, 5) is 2.33. The summed E-state index contributed by atoms with van der Waals surface area (Å²) in [6.07, 6.45) is 0. The third-order valence-corrected chi connectivity index (χ3v) is 3.03. The smallest absolute Gasteiger partial charge is 0.203 e. The van der Waals surface area contributed by atoms with E-state index in [1.54, 1.807) is 21.3 Å². The lowest BCUT2D eigenvalue weighted by molar-refractivity contribution is 0.291. The largest absolute Gasteiger partial charge is 0.493 e. The Kier molecular flexibility index (Phi) is 8.35. The first-order valence-electron chi connectivity index (χ1n) is 6.21. The molecule has 0 bridgehead atoms. The fourth-order valence-electron chi connectivity index (χ4n) is 1.93. The highest BCUT2D eigenvalue weighted by molar-refractivity contribution is 5.85. The normalized spacial score (nSPS) is 10.0. The average molecular weight is 290 g/mol. The van der Waals surface area contributed by atoms with Gasteiger partial charge in [0.15, 0.2) is 11.5 Å². The van der Waals surface area contributed by atoms with Gasteiger partial charge in [0.05, 0.1) is 21.3 Å². The summed E-state index contributed by atoms with van der Waals surface area (Å²) in [5.41, 5.74) is 1.16. The van der Waals surface area contributed by atoms with Crippen molar-refractivity contribution in [1.29, 1.82) is 0 Å². The summed E-state index contributed by atoms with van der Waals surface area (Å²) in [6, 6.07) is 4.00. The van der Waals surface area contributed by atoms with Crippen molar-refractivity contribution in [3.05, 3.63) is 17.7 Å². The Hall–Kier alpha value is -1.13. The van der Waals surface area contributed by atoms with Crippen LogP contribution in [0.2, 0.25) is 0 Å². The highest BCUT2D eigenvalue weighted by Gasteiger charge is 2.14. The van der Waals surface area contributed by atoms with Gasteiger partial charge in [-0.05, 0) is 30.8 Å². The van der Waals surface area contributed by atoms with Gasteiger partial charge in [0.25, 0.3) is 0 Å². The summed E-state index contributed by atoms with van der Waals surface area (Å²) < 4.78 is 16.0. The van der Waals surface area contributed by atoms with Gasteiger partial charge in [-0.25, -0.2) is 0 Å². The minimum atomic E-state index is 0. The number of hydrogen-bond acceptors (Lipinski definition) is 4. The summed E-state index contributed by atoms with van der Waals surface area (Å²) >= 11 is 0. The van der Waals surface area contributed by atoms with Crippen molar-refractivity contribution in [2.24, 2.45) is 0 Å². The maximum Gasteiger partial charge on any atom is 0.203 e. The molecule has 0 aliphatic rings. The van der Waals surface area contributed by atoms with Crippen LogP contribution in [0, 0.1) is 0 Å². The van der Waals surface area contributed by atoms with Gasteiger partial charge in [0.1, 0.15) is 0 Å². The summed E-state index contributed by atoms with van der Waals surface area (Å²) in [7, 11) is 4.89. The second-order valence-corrected chi connectivity index (χ2v) is 3.99. The second kappa shape index (κ2) is 8.88. The van der Waals surface area contributed by atoms with Crippen molar-refractivity contribution in [1.82, 2.24) is 4.90 Å². The highest BCUT2D eigenvalue weighted by atomic mass is 35.5. The van der Waals surface area contributed by atoms with Gasteiger partial charge in [-0.2, -0.15) is 0 Å². The van der Waals surface area contributed by atoms with Gasteiger partial charge in [-0.3, -0.25) is 4.90 Å². The topological polar surface area (TPSA) is 30.9 Å². The highest BCUT2D eigenvalue weighted by Crippen LogP contribution is 2.38. The maximum atomic E-state index is 5.34.